The molecule has 2 aromatic heterocycles. The number of amides is 1. The number of anilines is 1. The van der Waals surface area contributed by atoms with Crippen LogP contribution in [0.1, 0.15) is 41.6 Å². The summed E-state index contributed by atoms with van der Waals surface area (Å²) in [5, 5.41) is 5.97. The molecule has 0 aliphatic carbocycles. The maximum absolute atomic E-state index is 12.1. The van der Waals surface area contributed by atoms with Crippen molar-refractivity contribution in [1.29, 1.82) is 0 Å². The highest BCUT2D eigenvalue weighted by molar-refractivity contribution is 5.94. The molecule has 9 heteroatoms. The van der Waals surface area contributed by atoms with Gasteiger partial charge in [0.15, 0.2) is 11.2 Å². The highest BCUT2D eigenvalue weighted by Gasteiger charge is 2.07. The minimum Gasteiger partial charge on any atom is -0.379 e. The number of aryl methyl sites for hydroxylation is 1. The van der Waals surface area contributed by atoms with Crippen molar-refractivity contribution in [3.8, 4) is 0 Å². The van der Waals surface area contributed by atoms with E-state index in [9.17, 15) is 14.4 Å². The number of carbonyl (C=O) groups is 2. The third kappa shape index (κ3) is 5.44. The number of carbonyl (C=O) groups excluding carboxylic acids is 2. The highest BCUT2D eigenvalue weighted by atomic mass is 16.1. The van der Waals surface area contributed by atoms with Crippen LogP contribution in [0.5, 0.6) is 0 Å². The Bertz CT molecular complexity index is 1090. The van der Waals surface area contributed by atoms with Crippen molar-refractivity contribution in [2.45, 2.75) is 33.2 Å². The van der Waals surface area contributed by atoms with Gasteiger partial charge in [0.1, 0.15) is 11.6 Å². The number of aromatic amines is 1. The fourth-order valence-electron chi connectivity index (χ4n) is 2.72. The first kappa shape index (κ1) is 20.1. The number of hydrogen-bond donors (Lipinski definition) is 3. The largest absolute Gasteiger partial charge is 0.379 e. The molecule has 0 saturated carbocycles. The van der Waals surface area contributed by atoms with Crippen LogP contribution in [0.15, 0.2) is 35.3 Å². The molecule has 0 fully saturated rings. The summed E-state index contributed by atoms with van der Waals surface area (Å²) in [4.78, 5) is 50.2. The third-order valence-corrected chi connectivity index (χ3v) is 4.20. The van der Waals surface area contributed by atoms with Crippen LogP contribution in [0, 0.1) is 6.92 Å². The monoisotopic (exact) mass is 394 g/mol. The van der Waals surface area contributed by atoms with E-state index in [0.29, 0.717) is 48.7 Å². The van der Waals surface area contributed by atoms with Gasteiger partial charge in [-0.2, -0.15) is 0 Å². The average Bonchev–Trinajstić information content (AvgIpc) is 2.70. The second kappa shape index (κ2) is 9.05. The topological polar surface area (TPSA) is 130 Å². The minimum absolute atomic E-state index is 0.113. The highest BCUT2D eigenvalue weighted by Crippen LogP contribution is 2.11. The van der Waals surface area contributed by atoms with E-state index in [0.717, 1.165) is 5.69 Å². The standard InChI is InChI=1S/C20H22N6O3/c1-12(27)4-3-9-21-19(28)14-5-7-15(8-6-14)22-10-16-11-23-18-17(26-16)20(29)25-13(2)24-18/h5-8,11,22H,3-4,9-10H2,1-2H3,(H,21,28)(H,23,24,25,29). The SMILES string of the molecule is CC(=O)CCCNC(=O)c1ccc(NCc2cnc3nc(C)[nH]c(=O)c3n2)cc1. The Labute approximate surface area is 167 Å². The lowest BCUT2D eigenvalue weighted by atomic mass is 10.2. The van der Waals surface area contributed by atoms with Gasteiger partial charge in [0.25, 0.3) is 11.5 Å². The van der Waals surface area contributed by atoms with Crippen LogP contribution < -0.4 is 16.2 Å². The van der Waals surface area contributed by atoms with E-state index in [1.165, 1.54) is 6.92 Å². The number of nitrogens with one attached hydrogen (secondary N) is 3. The fourth-order valence-corrected chi connectivity index (χ4v) is 2.72. The Kier molecular flexibility index (Phi) is 6.28. The van der Waals surface area contributed by atoms with Gasteiger partial charge in [0, 0.05) is 24.2 Å². The fraction of sp³-hybridized carbons (Fsp3) is 0.300. The van der Waals surface area contributed by atoms with Crippen molar-refractivity contribution in [1.82, 2.24) is 25.3 Å². The van der Waals surface area contributed by atoms with Crippen LogP contribution in [-0.2, 0) is 11.3 Å². The molecule has 2 heterocycles. The molecule has 0 atom stereocenters. The Morgan fingerprint density at radius 1 is 1.14 bits per heavy atom. The van der Waals surface area contributed by atoms with Crippen LogP contribution in [-0.4, -0.2) is 38.2 Å². The van der Waals surface area contributed by atoms with Crippen LogP contribution in [0.25, 0.3) is 11.2 Å². The van der Waals surface area contributed by atoms with Crippen molar-refractivity contribution >= 4 is 28.5 Å². The van der Waals surface area contributed by atoms with Gasteiger partial charge in [-0.3, -0.25) is 9.59 Å². The summed E-state index contributed by atoms with van der Waals surface area (Å²) < 4.78 is 0. The zero-order chi connectivity index (χ0) is 20.8. The summed E-state index contributed by atoms with van der Waals surface area (Å²) in [5.41, 5.74) is 2.13. The van der Waals surface area contributed by atoms with Gasteiger partial charge in [-0.05, 0) is 44.5 Å². The van der Waals surface area contributed by atoms with E-state index >= 15 is 0 Å². The Hall–Kier alpha value is -3.62. The number of H-pyrrole nitrogens is 1. The molecule has 3 rings (SSSR count). The quantitative estimate of drug-likeness (QED) is 0.496. The van der Waals surface area contributed by atoms with Gasteiger partial charge >= 0.3 is 0 Å². The lowest BCUT2D eigenvalue weighted by Gasteiger charge is -2.08. The predicted octanol–water partition coefficient (Wildman–Crippen LogP) is 1.73. The second-order valence-corrected chi connectivity index (χ2v) is 6.68. The van der Waals surface area contributed by atoms with Crippen LogP contribution in [0.4, 0.5) is 5.69 Å². The van der Waals surface area contributed by atoms with Gasteiger partial charge in [-0.1, -0.05) is 0 Å². The van der Waals surface area contributed by atoms with Crippen LogP contribution >= 0.6 is 0 Å². The number of hydrogen-bond acceptors (Lipinski definition) is 7. The zero-order valence-electron chi connectivity index (χ0n) is 16.3. The molecule has 0 aliphatic heterocycles. The van der Waals surface area contributed by atoms with Gasteiger partial charge in [-0.15, -0.1) is 0 Å². The van der Waals surface area contributed by atoms with Crippen molar-refractivity contribution < 1.29 is 9.59 Å². The van der Waals surface area contributed by atoms with Crippen LogP contribution in [0.2, 0.25) is 0 Å². The zero-order valence-corrected chi connectivity index (χ0v) is 16.3. The first-order valence-corrected chi connectivity index (χ1v) is 9.26. The maximum atomic E-state index is 12.1. The third-order valence-electron chi connectivity index (χ3n) is 4.20. The Balaban J connectivity index is 1.57. The average molecular weight is 394 g/mol. The van der Waals surface area contributed by atoms with Gasteiger partial charge in [0.05, 0.1) is 18.4 Å². The minimum atomic E-state index is -0.319. The number of rotatable bonds is 8. The molecule has 0 saturated heterocycles. The van der Waals surface area contributed by atoms with Gasteiger partial charge in [-0.25, -0.2) is 15.0 Å². The molecular formula is C20H22N6O3. The summed E-state index contributed by atoms with van der Waals surface area (Å²) in [6.45, 7) is 4.06. The predicted molar refractivity (Wildman–Crippen MR) is 109 cm³/mol. The first-order chi connectivity index (χ1) is 13.9. The molecule has 9 nitrogen and oxygen atoms in total. The number of ketones is 1. The van der Waals surface area contributed by atoms with Gasteiger partial charge in [0.2, 0.25) is 0 Å². The molecule has 1 amide bonds. The molecule has 0 bridgehead atoms. The molecule has 0 aliphatic rings. The van der Waals surface area contributed by atoms with Crippen molar-refractivity contribution in [2.24, 2.45) is 0 Å². The van der Waals surface area contributed by atoms with Crippen molar-refractivity contribution in [2.75, 3.05) is 11.9 Å². The number of aromatic nitrogens is 4. The molecule has 29 heavy (non-hydrogen) atoms. The van der Waals surface area contributed by atoms with E-state index < -0.39 is 0 Å². The molecule has 0 radical (unpaired) electrons. The molecule has 3 N–H and O–H groups in total. The number of nitrogens with zero attached hydrogens (tertiary/aromatic N) is 3. The van der Waals surface area contributed by atoms with E-state index in [2.05, 4.69) is 30.6 Å². The summed E-state index contributed by atoms with van der Waals surface area (Å²) in [7, 11) is 0. The molecule has 0 unspecified atom stereocenters. The maximum Gasteiger partial charge on any atom is 0.279 e. The van der Waals surface area contributed by atoms with Crippen LogP contribution in [0.3, 0.4) is 0 Å². The van der Waals surface area contributed by atoms with E-state index in [-0.39, 0.29) is 22.8 Å². The van der Waals surface area contributed by atoms with Crippen molar-refractivity contribution in [3.05, 3.63) is 57.9 Å². The Morgan fingerprint density at radius 2 is 1.90 bits per heavy atom. The second-order valence-electron chi connectivity index (χ2n) is 6.68. The lowest BCUT2D eigenvalue weighted by molar-refractivity contribution is -0.117. The molecule has 3 aromatic rings. The Morgan fingerprint density at radius 3 is 2.62 bits per heavy atom. The summed E-state index contributed by atoms with van der Waals surface area (Å²) >= 11 is 0. The van der Waals surface area contributed by atoms with Crippen molar-refractivity contribution in [3.63, 3.8) is 0 Å². The summed E-state index contributed by atoms with van der Waals surface area (Å²) in [5.74, 6) is 0.426. The lowest BCUT2D eigenvalue weighted by Crippen LogP contribution is -2.24. The summed E-state index contributed by atoms with van der Waals surface area (Å²) in [6, 6.07) is 7.01. The molecule has 1 aromatic carbocycles. The molecule has 150 valence electrons. The smallest absolute Gasteiger partial charge is 0.279 e. The van der Waals surface area contributed by atoms with E-state index in [1.807, 2.05) is 0 Å². The van der Waals surface area contributed by atoms with E-state index in [1.54, 1.807) is 37.4 Å². The first-order valence-electron chi connectivity index (χ1n) is 9.26. The molecule has 0 spiro atoms. The number of fused-ring (bicyclic) bond motifs is 1. The van der Waals surface area contributed by atoms with E-state index in [4.69, 9.17) is 0 Å². The number of benzene rings is 1. The summed E-state index contributed by atoms with van der Waals surface area (Å²) in [6.07, 6.45) is 2.66. The normalized spacial score (nSPS) is 10.7. The van der Waals surface area contributed by atoms with Gasteiger partial charge < -0.3 is 20.4 Å². The molecular weight excluding hydrogens is 372 g/mol. The number of Topliss-reactive ketones (excluding diaryl/α,β-unsaturated/α-hetero) is 1.